The molecule has 1 aromatic heterocycles. The number of rotatable bonds is 5. The SMILES string of the molecule is Cc1c(O[C@H]2CCC[C@@H](NCc3cccc(Cl)c3)C2)ccc2[nH]ncc12. The van der Waals surface area contributed by atoms with Gasteiger partial charge in [-0.15, -0.1) is 0 Å². The van der Waals surface area contributed by atoms with Crippen LogP contribution in [0.3, 0.4) is 0 Å². The summed E-state index contributed by atoms with van der Waals surface area (Å²) in [5.74, 6) is 0.972. The Labute approximate surface area is 158 Å². The Kier molecular flexibility index (Phi) is 5.14. The highest BCUT2D eigenvalue weighted by atomic mass is 35.5. The maximum absolute atomic E-state index is 6.36. The molecule has 0 amide bonds. The minimum Gasteiger partial charge on any atom is -0.490 e. The Balaban J connectivity index is 1.37. The van der Waals surface area contributed by atoms with E-state index in [1.54, 1.807) is 0 Å². The molecule has 3 aromatic rings. The van der Waals surface area contributed by atoms with Crippen LogP contribution in [0.2, 0.25) is 5.02 Å². The highest BCUT2D eigenvalue weighted by Crippen LogP contribution is 2.30. The van der Waals surface area contributed by atoms with E-state index in [1.807, 2.05) is 30.5 Å². The lowest BCUT2D eigenvalue weighted by Gasteiger charge is -2.31. The number of benzene rings is 2. The van der Waals surface area contributed by atoms with E-state index in [2.05, 4.69) is 34.6 Å². The first-order chi connectivity index (χ1) is 12.7. The molecule has 2 aromatic carbocycles. The van der Waals surface area contributed by atoms with Gasteiger partial charge in [0, 0.05) is 28.6 Å². The van der Waals surface area contributed by atoms with E-state index >= 15 is 0 Å². The van der Waals surface area contributed by atoms with Crippen molar-refractivity contribution in [1.82, 2.24) is 15.5 Å². The van der Waals surface area contributed by atoms with Crippen molar-refractivity contribution in [2.45, 2.75) is 51.3 Å². The van der Waals surface area contributed by atoms with Crippen LogP contribution < -0.4 is 10.1 Å². The van der Waals surface area contributed by atoms with Crippen molar-refractivity contribution >= 4 is 22.5 Å². The Bertz CT molecular complexity index is 892. The van der Waals surface area contributed by atoms with Crippen LogP contribution in [0.4, 0.5) is 0 Å². The van der Waals surface area contributed by atoms with E-state index in [9.17, 15) is 0 Å². The molecule has 0 saturated heterocycles. The lowest BCUT2D eigenvalue weighted by Crippen LogP contribution is -2.37. The number of aryl methyl sites for hydroxylation is 1. The highest BCUT2D eigenvalue weighted by Gasteiger charge is 2.23. The molecule has 0 radical (unpaired) electrons. The molecule has 26 heavy (non-hydrogen) atoms. The van der Waals surface area contributed by atoms with Crippen LogP contribution in [0.1, 0.15) is 36.8 Å². The van der Waals surface area contributed by atoms with Crippen LogP contribution in [0.5, 0.6) is 5.75 Å². The average molecular weight is 370 g/mol. The summed E-state index contributed by atoms with van der Waals surface area (Å²) in [6, 6.07) is 12.6. The summed E-state index contributed by atoms with van der Waals surface area (Å²) in [4.78, 5) is 0. The normalized spacial score (nSPS) is 20.4. The van der Waals surface area contributed by atoms with Crippen LogP contribution in [0, 0.1) is 6.92 Å². The Morgan fingerprint density at radius 3 is 3.08 bits per heavy atom. The van der Waals surface area contributed by atoms with Crippen molar-refractivity contribution in [3.8, 4) is 5.75 Å². The minimum atomic E-state index is 0.253. The fraction of sp³-hybridized carbons (Fsp3) is 0.381. The quantitative estimate of drug-likeness (QED) is 0.665. The predicted octanol–water partition coefficient (Wildman–Crippen LogP) is 5.00. The van der Waals surface area contributed by atoms with Crippen molar-refractivity contribution in [2.24, 2.45) is 0 Å². The standard InChI is InChI=1S/C21H24ClN3O/c1-14-19-13-24-25-20(19)8-9-21(14)26-18-7-3-6-17(11-18)23-12-15-4-2-5-16(22)10-15/h2,4-5,8-10,13,17-18,23H,3,6-7,11-12H2,1H3,(H,24,25)/t17-,18+/m1/s1. The van der Waals surface area contributed by atoms with Crippen LogP contribution in [0.15, 0.2) is 42.6 Å². The predicted molar refractivity (Wildman–Crippen MR) is 106 cm³/mol. The first-order valence-electron chi connectivity index (χ1n) is 9.26. The molecule has 1 aliphatic carbocycles. The van der Waals surface area contributed by atoms with E-state index in [-0.39, 0.29) is 6.10 Å². The van der Waals surface area contributed by atoms with E-state index in [0.29, 0.717) is 6.04 Å². The molecule has 1 aliphatic rings. The van der Waals surface area contributed by atoms with Gasteiger partial charge in [0.2, 0.25) is 0 Å². The number of H-pyrrole nitrogens is 1. The van der Waals surface area contributed by atoms with Gasteiger partial charge in [-0.2, -0.15) is 5.10 Å². The number of hydrogen-bond donors (Lipinski definition) is 2. The molecular formula is C21H24ClN3O. The van der Waals surface area contributed by atoms with Gasteiger partial charge >= 0.3 is 0 Å². The Morgan fingerprint density at radius 2 is 2.19 bits per heavy atom. The fourth-order valence-corrected chi connectivity index (χ4v) is 4.01. The van der Waals surface area contributed by atoms with Gasteiger partial charge in [-0.05, 0) is 62.4 Å². The third kappa shape index (κ3) is 3.87. The zero-order chi connectivity index (χ0) is 17.9. The van der Waals surface area contributed by atoms with Gasteiger partial charge in [0.05, 0.1) is 11.7 Å². The first-order valence-corrected chi connectivity index (χ1v) is 9.64. The average Bonchev–Trinajstić information content (AvgIpc) is 3.12. The summed E-state index contributed by atoms with van der Waals surface area (Å²) in [6.07, 6.45) is 6.64. The number of aromatic amines is 1. The van der Waals surface area contributed by atoms with E-state index in [1.165, 1.54) is 18.4 Å². The summed E-state index contributed by atoms with van der Waals surface area (Å²) < 4.78 is 6.36. The molecule has 5 heteroatoms. The van der Waals surface area contributed by atoms with Crippen LogP contribution in [0.25, 0.3) is 10.9 Å². The number of nitrogens with zero attached hydrogens (tertiary/aromatic N) is 1. The van der Waals surface area contributed by atoms with Crippen molar-refractivity contribution < 1.29 is 4.74 Å². The minimum absolute atomic E-state index is 0.253. The second-order valence-electron chi connectivity index (χ2n) is 7.13. The molecular weight excluding hydrogens is 346 g/mol. The van der Waals surface area contributed by atoms with Gasteiger partial charge in [-0.25, -0.2) is 0 Å². The van der Waals surface area contributed by atoms with Crippen molar-refractivity contribution in [3.05, 3.63) is 58.7 Å². The molecule has 0 bridgehead atoms. The topological polar surface area (TPSA) is 49.9 Å². The van der Waals surface area contributed by atoms with Crippen LogP contribution in [-0.2, 0) is 6.54 Å². The lowest BCUT2D eigenvalue weighted by molar-refractivity contribution is 0.133. The molecule has 1 fully saturated rings. The maximum atomic E-state index is 6.36. The van der Waals surface area contributed by atoms with Gasteiger partial charge in [-0.1, -0.05) is 23.7 Å². The number of halogens is 1. The largest absolute Gasteiger partial charge is 0.490 e. The van der Waals surface area contributed by atoms with E-state index in [4.69, 9.17) is 16.3 Å². The smallest absolute Gasteiger partial charge is 0.123 e. The first kappa shape index (κ1) is 17.4. The zero-order valence-electron chi connectivity index (χ0n) is 15.0. The highest BCUT2D eigenvalue weighted by molar-refractivity contribution is 6.30. The summed E-state index contributed by atoms with van der Waals surface area (Å²) in [7, 11) is 0. The van der Waals surface area contributed by atoms with Crippen molar-refractivity contribution in [3.63, 3.8) is 0 Å². The number of aromatic nitrogens is 2. The molecule has 136 valence electrons. The Hall–Kier alpha value is -2.04. The van der Waals surface area contributed by atoms with Gasteiger partial charge in [0.15, 0.2) is 0 Å². The summed E-state index contributed by atoms with van der Waals surface area (Å²) in [6.45, 7) is 2.95. The second kappa shape index (κ2) is 7.68. The van der Waals surface area contributed by atoms with Gasteiger partial charge in [0.25, 0.3) is 0 Å². The zero-order valence-corrected chi connectivity index (χ0v) is 15.7. The maximum Gasteiger partial charge on any atom is 0.123 e. The summed E-state index contributed by atoms with van der Waals surface area (Å²) in [5, 5.41) is 12.7. The number of fused-ring (bicyclic) bond motifs is 1. The van der Waals surface area contributed by atoms with Gasteiger partial charge < -0.3 is 10.1 Å². The third-order valence-electron chi connectivity index (χ3n) is 5.25. The van der Waals surface area contributed by atoms with Gasteiger partial charge in [-0.3, -0.25) is 5.10 Å². The van der Waals surface area contributed by atoms with Crippen molar-refractivity contribution in [1.29, 1.82) is 0 Å². The van der Waals surface area contributed by atoms with Crippen LogP contribution >= 0.6 is 11.6 Å². The third-order valence-corrected chi connectivity index (χ3v) is 5.48. The number of nitrogens with one attached hydrogen (secondary N) is 2. The molecule has 2 N–H and O–H groups in total. The summed E-state index contributed by atoms with van der Waals surface area (Å²) >= 11 is 6.07. The molecule has 4 nitrogen and oxygen atoms in total. The number of ether oxygens (including phenoxy) is 1. The second-order valence-corrected chi connectivity index (χ2v) is 7.57. The van der Waals surface area contributed by atoms with E-state index < -0.39 is 0 Å². The molecule has 4 rings (SSSR count). The van der Waals surface area contributed by atoms with E-state index in [0.717, 1.165) is 46.6 Å². The lowest BCUT2D eigenvalue weighted by atomic mass is 9.92. The monoisotopic (exact) mass is 369 g/mol. The molecule has 1 saturated carbocycles. The molecule has 2 atom stereocenters. The molecule has 0 unspecified atom stereocenters. The Morgan fingerprint density at radius 1 is 1.27 bits per heavy atom. The molecule has 0 spiro atoms. The summed E-state index contributed by atoms with van der Waals surface area (Å²) in [5.41, 5.74) is 3.44. The van der Waals surface area contributed by atoms with Crippen molar-refractivity contribution in [2.75, 3.05) is 0 Å². The molecule has 1 heterocycles. The van der Waals surface area contributed by atoms with Crippen LogP contribution in [-0.4, -0.2) is 22.3 Å². The van der Waals surface area contributed by atoms with Gasteiger partial charge in [0.1, 0.15) is 11.9 Å². The molecule has 0 aliphatic heterocycles. The number of hydrogen-bond acceptors (Lipinski definition) is 3. The fourth-order valence-electron chi connectivity index (χ4n) is 3.79.